The van der Waals surface area contributed by atoms with E-state index in [1.807, 2.05) is 20.8 Å². The van der Waals surface area contributed by atoms with Crippen molar-refractivity contribution in [1.82, 2.24) is 0 Å². The first kappa shape index (κ1) is 30.3. The fraction of sp³-hybridized carbons (Fsp3) is 0.926. The van der Waals surface area contributed by atoms with E-state index in [1.165, 1.54) is 64.2 Å². The van der Waals surface area contributed by atoms with Gasteiger partial charge in [-0.25, -0.2) is 0 Å². The van der Waals surface area contributed by atoms with Gasteiger partial charge in [0.25, 0.3) is 0 Å². The Morgan fingerprint density at radius 1 is 0.677 bits per heavy atom. The van der Waals surface area contributed by atoms with Crippen molar-refractivity contribution in [3.05, 3.63) is 0 Å². The van der Waals surface area contributed by atoms with Crippen LogP contribution in [0.2, 0.25) is 0 Å². The van der Waals surface area contributed by atoms with Crippen LogP contribution in [-0.4, -0.2) is 37.5 Å². The first-order valence-electron chi connectivity index (χ1n) is 13.2. The Hall–Kier alpha value is -0.740. The average Bonchev–Trinajstić information content (AvgIpc) is 2.75. The molecule has 2 unspecified atom stereocenters. The van der Waals surface area contributed by atoms with Crippen molar-refractivity contribution >= 4 is 11.6 Å². The van der Waals surface area contributed by atoms with Crippen LogP contribution in [0, 0.1) is 5.92 Å². The highest BCUT2D eigenvalue weighted by Gasteiger charge is 2.12. The summed E-state index contributed by atoms with van der Waals surface area (Å²) in [6, 6.07) is 0. The van der Waals surface area contributed by atoms with Gasteiger partial charge < -0.3 is 9.47 Å². The molecular weight excluding hydrogens is 388 g/mol. The molecule has 0 aliphatic rings. The van der Waals surface area contributed by atoms with Gasteiger partial charge in [0.15, 0.2) is 0 Å². The summed E-state index contributed by atoms with van der Waals surface area (Å²) in [5, 5.41) is 0. The summed E-state index contributed by atoms with van der Waals surface area (Å²) in [5.41, 5.74) is 0. The lowest BCUT2D eigenvalue weighted by Crippen LogP contribution is -2.21. The van der Waals surface area contributed by atoms with E-state index in [4.69, 9.17) is 9.47 Å². The summed E-state index contributed by atoms with van der Waals surface area (Å²) >= 11 is 0. The Labute approximate surface area is 193 Å². The summed E-state index contributed by atoms with van der Waals surface area (Å²) in [7, 11) is 0. The van der Waals surface area contributed by atoms with Crippen LogP contribution in [0.3, 0.4) is 0 Å². The normalized spacial score (nSPS) is 13.3. The molecule has 0 saturated heterocycles. The van der Waals surface area contributed by atoms with Crippen molar-refractivity contribution in [1.29, 1.82) is 0 Å². The van der Waals surface area contributed by atoms with E-state index >= 15 is 0 Å². The molecule has 2 atom stereocenters. The van der Waals surface area contributed by atoms with Crippen LogP contribution in [0.1, 0.15) is 130 Å². The molecule has 0 fully saturated rings. The molecule has 0 aliphatic heterocycles. The van der Waals surface area contributed by atoms with Gasteiger partial charge in [-0.1, -0.05) is 85.0 Å². The molecule has 0 spiro atoms. The molecule has 0 aromatic rings. The molecule has 0 aromatic carbocycles. The molecule has 0 rings (SSSR count). The van der Waals surface area contributed by atoms with Gasteiger partial charge in [-0.05, 0) is 25.7 Å². The van der Waals surface area contributed by atoms with Crippen molar-refractivity contribution in [3.63, 3.8) is 0 Å². The molecule has 0 saturated carbocycles. The monoisotopic (exact) mass is 440 g/mol. The van der Waals surface area contributed by atoms with E-state index in [0.717, 1.165) is 13.0 Å². The molecule has 4 nitrogen and oxygen atoms in total. The van der Waals surface area contributed by atoms with Gasteiger partial charge in [0.05, 0.1) is 19.3 Å². The molecule has 0 aromatic heterocycles. The van der Waals surface area contributed by atoms with E-state index in [9.17, 15) is 9.59 Å². The SMILES string of the molecule is CCCCCCCCCCCCCOCC(C)OCC(C)CC(=O)CCCC(=O)CC. The summed E-state index contributed by atoms with van der Waals surface area (Å²) in [6.07, 6.45) is 17.7. The smallest absolute Gasteiger partial charge is 0.133 e. The van der Waals surface area contributed by atoms with Crippen molar-refractivity contribution < 1.29 is 19.1 Å². The highest BCUT2D eigenvalue weighted by atomic mass is 16.5. The predicted octanol–water partition coefficient (Wildman–Crippen LogP) is 7.46. The van der Waals surface area contributed by atoms with Crippen molar-refractivity contribution in [2.45, 2.75) is 137 Å². The number of unbranched alkanes of at least 4 members (excludes halogenated alkanes) is 10. The van der Waals surface area contributed by atoms with Crippen LogP contribution in [-0.2, 0) is 19.1 Å². The summed E-state index contributed by atoms with van der Waals surface area (Å²) in [6.45, 7) is 10.2. The number of ketones is 2. The second-order valence-electron chi connectivity index (χ2n) is 9.35. The first-order chi connectivity index (χ1) is 15.0. The molecule has 31 heavy (non-hydrogen) atoms. The third-order valence-corrected chi connectivity index (χ3v) is 5.79. The van der Waals surface area contributed by atoms with Crippen LogP contribution < -0.4 is 0 Å². The minimum atomic E-state index is 0.0624. The quantitative estimate of drug-likeness (QED) is 0.146. The Morgan fingerprint density at radius 2 is 1.23 bits per heavy atom. The van der Waals surface area contributed by atoms with E-state index in [2.05, 4.69) is 6.92 Å². The number of ether oxygens (including phenoxy) is 2. The zero-order valence-electron chi connectivity index (χ0n) is 21.2. The van der Waals surface area contributed by atoms with Gasteiger partial charge in [0.2, 0.25) is 0 Å². The molecule has 0 N–H and O–H groups in total. The number of carbonyl (C=O) groups excluding carboxylic acids is 2. The Morgan fingerprint density at radius 3 is 1.81 bits per heavy atom. The molecule has 0 radical (unpaired) electrons. The standard InChI is InChI=1S/C27H52O4/c1-5-7-8-9-10-11-12-13-14-15-16-20-30-23-25(4)31-22-24(3)21-27(29)19-17-18-26(28)6-2/h24-25H,5-23H2,1-4H3. The topological polar surface area (TPSA) is 52.6 Å². The second kappa shape index (κ2) is 22.5. The molecule has 0 aliphatic carbocycles. The van der Waals surface area contributed by atoms with Gasteiger partial charge in [-0.15, -0.1) is 0 Å². The van der Waals surface area contributed by atoms with Gasteiger partial charge in [0, 0.05) is 32.3 Å². The van der Waals surface area contributed by atoms with Gasteiger partial charge in [0.1, 0.15) is 11.6 Å². The van der Waals surface area contributed by atoms with Crippen molar-refractivity contribution in [2.24, 2.45) is 5.92 Å². The maximum atomic E-state index is 12.0. The van der Waals surface area contributed by atoms with Gasteiger partial charge in [-0.3, -0.25) is 9.59 Å². The van der Waals surface area contributed by atoms with E-state index < -0.39 is 0 Å². The van der Waals surface area contributed by atoms with Crippen molar-refractivity contribution in [3.8, 4) is 0 Å². The Balaban J connectivity index is 3.44. The molecule has 0 bridgehead atoms. The lowest BCUT2D eigenvalue weighted by atomic mass is 10.0. The summed E-state index contributed by atoms with van der Waals surface area (Å²) < 4.78 is 11.6. The van der Waals surface area contributed by atoms with Crippen LogP contribution in [0.25, 0.3) is 0 Å². The third kappa shape index (κ3) is 22.3. The fourth-order valence-electron chi connectivity index (χ4n) is 3.70. The minimum Gasteiger partial charge on any atom is -0.379 e. The van der Waals surface area contributed by atoms with Crippen molar-refractivity contribution in [2.75, 3.05) is 19.8 Å². The minimum absolute atomic E-state index is 0.0624. The van der Waals surface area contributed by atoms with E-state index in [1.54, 1.807) is 0 Å². The number of hydrogen-bond acceptors (Lipinski definition) is 4. The van der Waals surface area contributed by atoms with Crippen LogP contribution >= 0.6 is 0 Å². The second-order valence-corrected chi connectivity index (χ2v) is 9.35. The average molecular weight is 441 g/mol. The first-order valence-corrected chi connectivity index (χ1v) is 13.2. The van der Waals surface area contributed by atoms with Crippen LogP contribution in [0.4, 0.5) is 0 Å². The maximum absolute atomic E-state index is 12.0. The van der Waals surface area contributed by atoms with Gasteiger partial charge in [-0.2, -0.15) is 0 Å². The lowest BCUT2D eigenvalue weighted by molar-refractivity contribution is -0.121. The fourth-order valence-corrected chi connectivity index (χ4v) is 3.70. The Bertz CT molecular complexity index is 421. The number of hydrogen-bond donors (Lipinski definition) is 0. The van der Waals surface area contributed by atoms with E-state index in [0.29, 0.717) is 45.3 Å². The highest BCUT2D eigenvalue weighted by molar-refractivity contribution is 5.81. The molecular formula is C27H52O4. The van der Waals surface area contributed by atoms with Crippen LogP contribution in [0.15, 0.2) is 0 Å². The summed E-state index contributed by atoms with van der Waals surface area (Å²) in [5.74, 6) is 0.690. The number of rotatable bonds is 24. The Kier molecular flexibility index (Phi) is 21.9. The van der Waals surface area contributed by atoms with Gasteiger partial charge >= 0.3 is 0 Å². The zero-order chi connectivity index (χ0) is 23.2. The largest absolute Gasteiger partial charge is 0.379 e. The van der Waals surface area contributed by atoms with E-state index in [-0.39, 0.29) is 23.6 Å². The lowest BCUT2D eigenvalue weighted by Gasteiger charge is -2.17. The highest BCUT2D eigenvalue weighted by Crippen LogP contribution is 2.12. The number of carbonyl (C=O) groups is 2. The molecule has 0 heterocycles. The molecule has 0 amide bonds. The molecule has 4 heteroatoms. The third-order valence-electron chi connectivity index (χ3n) is 5.79. The number of Topliss-reactive ketones (excluding diaryl/α,β-unsaturated/α-hetero) is 2. The summed E-state index contributed by atoms with van der Waals surface area (Å²) in [4.78, 5) is 23.3. The maximum Gasteiger partial charge on any atom is 0.133 e. The predicted molar refractivity (Wildman–Crippen MR) is 131 cm³/mol. The zero-order valence-corrected chi connectivity index (χ0v) is 21.2. The van der Waals surface area contributed by atoms with Crippen LogP contribution in [0.5, 0.6) is 0 Å². The molecule has 184 valence electrons.